The molecular weight excluding hydrogens is 174 g/mol. The number of nitrogens with zero attached hydrogens (tertiary/aromatic N) is 1. The Labute approximate surface area is 85.1 Å². The Hall–Kier alpha value is -0.830. The second-order valence-electron chi connectivity index (χ2n) is 4.18. The lowest BCUT2D eigenvalue weighted by Crippen LogP contribution is -2.03. The minimum atomic E-state index is 0.765. The van der Waals surface area contributed by atoms with E-state index >= 15 is 0 Å². The maximum Gasteiger partial charge on any atom is 0.0524 e. The van der Waals surface area contributed by atoms with Crippen LogP contribution in [0.2, 0.25) is 0 Å². The Bertz CT molecular complexity index is 274. The first kappa shape index (κ1) is 9.71. The summed E-state index contributed by atoms with van der Waals surface area (Å²) >= 11 is 0. The third kappa shape index (κ3) is 1.98. The number of aromatic amines is 1. The van der Waals surface area contributed by atoms with Crippen molar-refractivity contribution in [1.82, 2.24) is 10.2 Å². The molecule has 1 aliphatic rings. The molecule has 0 aliphatic heterocycles. The van der Waals surface area contributed by atoms with Crippen molar-refractivity contribution in [2.45, 2.75) is 44.4 Å². The average Bonchev–Trinajstić information content (AvgIpc) is 2.84. The molecule has 3 heteroatoms. The van der Waals surface area contributed by atoms with Crippen LogP contribution >= 0.6 is 0 Å². The van der Waals surface area contributed by atoms with Crippen LogP contribution in [0.3, 0.4) is 0 Å². The summed E-state index contributed by atoms with van der Waals surface area (Å²) in [7, 11) is 0. The Kier molecular flexibility index (Phi) is 3.19. The Morgan fingerprint density at radius 1 is 1.43 bits per heavy atom. The van der Waals surface area contributed by atoms with Crippen LogP contribution in [-0.4, -0.2) is 16.7 Å². The highest BCUT2D eigenvalue weighted by atomic mass is 15.1. The molecule has 1 saturated carbocycles. The van der Waals surface area contributed by atoms with Crippen molar-refractivity contribution in [3.05, 3.63) is 17.5 Å². The predicted octanol–water partition coefficient (Wildman–Crippen LogP) is 1.96. The Morgan fingerprint density at radius 2 is 2.21 bits per heavy atom. The molecule has 0 atom stereocenters. The van der Waals surface area contributed by atoms with Crippen LogP contribution in [0.1, 0.15) is 49.3 Å². The summed E-state index contributed by atoms with van der Waals surface area (Å²) in [5.41, 5.74) is 8.29. The highest BCUT2D eigenvalue weighted by Crippen LogP contribution is 2.35. The molecule has 0 saturated heterocycles. The molecule has 2 rings (SSSR count). The molecule has 0 unspecified atom stereocenters. The third-order valence-electron chi connectivity index (χ3n) is 3.18. The van der Waals surface area contributed by atoms with Gasteiger partial charge in [-0.2, -0.15) is 5.10 Å². The predicted molar refractivity (Wildman–Crippen MR) is 57.2 cm³/mol. The Balaban J connectivity index is 2.04. The van der Waals surface area contributed by atoms with E-state index in [1.165, 1.54) is 36.9 Å². The number of hydrogen-bond donors (Lipinski definition) is 2. The zero-order valence-corrected chi connectivity index (χ0v) is 8.63. The van der Waals surface area contributed by atoms with Crippen LogP contribution in [0.5, 0.6) is 0 Å². The SMILES string of the molecule is NCCCc1[nH]ncc1C1CCCC1. The van der Waals surface area contributed by atoms with Crippen molar-refractivity contribution in [2.24, 2.45) is 5.73 Å². The monoisotopic (exact) mass is 193 g/mol. The van der Waals surface area contributed by atoms with Crippen molar-refractivity contribution in [3.8, 4) is 0 Å². The van der Waals surface area contributed by atoms with Crippen molar-refractivity contribution in [2.75, 3.05) is 6.54 Å². The van der Waals surface area contributed by atoms with Gasteiger partial charge in [-0.1, -0.05) is 12.8 Å². The first-order valence-corrected chi connectivity index (χ1v) is 5.64. The normalized spacial score (nSPS) is 17.8. The lowest BCUT2D eigenvalue weighted by atomic mass is 9.97. The zero-order valence-electron chi connectivity index (χ0n) is 8.63. The summed E-state index contributed by atoms with van der Waals surface area (Å²) in [5.74, 6) is 0.765. The second kappa shape index (κ2) is 4.60. The van der Waals surface area contributed by atoms with Gasteiger partial charge in [-0.05, 0) is 43.7 Å². The van der Waals surface area contributed by atoms with Gasteiger partial charge < -0.3 is 5.73 Å². The fraction of sp³-hybridized carbons (Fsp3) is 0.727. The van der Waals surface area contributed by atoms with Gasteiger partial charge in [-0.15, -0.1) is 0 Å². The Morgan fingerprint density at radius 3 is 2.93 bits per heavy atom. The summed E-state index contributed by atoms with van der Waals surface area (Å²) in [6.07, 6.45) is 9.58. The van der Waals surface area contributed by atoms with Crippen molar-refractivity contribution < 1.29 is 0 Å². The second-order valence-corrected chi connectivity index (χ2v) is 4.18. The molecule has 3 nitrogen and oxygen atoms in total. The fourth-order valence-electron chi connectivity index (χ4n) is 2.39. The molecule has 0 amide bonds. The van der Waals surface area contributed by atoms with Gasteiger partial charge in [-0.25, -0.2) is 0 Å². The van der Waals surface area contributed by atoms with Gasteiger partial charge >= 0.3 is 0 Å². The van der Waals surface area contributed by atoms with Gasteiger partial charge in [0.2, 0.25) is 0 Å². The molecule has 3 N–H and O–H groups in total. The minimum absolute atomic E-state index is 0.765. The van der Waals surface area contributed by atoms with Gasteiger partial charge in [0.1, 0.15) is 0 Å². The van der Waals surface area contributed by atoms with E-state index in [4.69, 9.17) is 5.73 Å². The number of nitrogens with one attached hydrogen (secondary N) is 1. The van der Waals surface area contributed by atoms with E-state index in [1.54, 1.807) is 0 Å². The van der Waals surface area contributed by atoms with E-state index in [1.807, 2.05) is 6.20 Å². The van der Waals surface area contributed by atoms with E-state index < -0.39 is 0 Å². The van der Waals surface area contributed by atoms with E-state index in [0.717, 1.165) is 25.3 Å². The standard InChI is InChI=1S/C11H19N3/c12-7-3-6-11-10(8-13-14-11)9-4-1-2-5-9/h8-9H,1-7,12H2,(H,13,14). The van der Waals surface area contributed by atoms with Gasteiger partial charge in [0.25, 0.3) is 0 Å². The maximum absolute atomic E-state index is 5.51. The fourth-order valence-corrected chi connectivity index (χ4v) is 2.39. The van der Waals surface area contributed by atoms with Crippen LogP contribution < -0.4 is 5.73 Å². The molecule has 1 heterocycles. The first-order valence-electron chi connectivity index (χ1n) is 5.64. The van der Waals surface area contributed by atoms with Crippen molar-refractivity contribution in [1.29, 1.82) is 0 Å². The average molecular weight is 193 g/mol. The summed E-state index contributed by atoms with van der Waals surface area (Å²) in [4.78, 5) is 0. The number of rotatable bonds is 4. The molecule has 14 heavy (non-hydrogen) atoms. The smallest absolute Gasteiger partial charge is 0.0524 e. The molecule has 0 aromatic carbocycles. The maximum atomic E-state index is 5.51. The van der Waals surface area contributed by atoms with Crippen molar-refractivity contribution >= 4 is 0 Å². The quantitative estimate of drug-likeness (QED) is 0.768. The van der Waals surface area contributed by atoms with Crippen molar-refractivity contribution in [3.63, 3.8) is 0 Å². The van der Waals surface area contributed by atoms with Gasteiger partial charge in [-0.3, -0.25) is 5.10 Å². The molecule has 1 aliphatic carbocycles. The highest BCUT2D eigenvalue weighted by Gasteiger charge is 2.20. The van der Waals surface area contributed by atoms with Gasteiger partial charge in [0.05, 0.1) is 6.20 Å². The van der Waals surface area contributed by atoms with E-state index in [0.29, 0.717) is 0 Å². The van der Waals surface area contributed by atoms with Gasteiger partial charge in [0.15, 0.2) is 0 Å². The summed E-state index contributed by atoms with van der Waals surface area (Å²) in [6.45, 7) is 0.767. The number of H-pyrrole nitrogens is 1. The van der Waals surface area contributed by atoms with Crippen LogP contribution in [0, 0.1) is 0 Å². The summed E-state index contributed by atoms with van der Waals surface area (Å²) < 4.78 is 0. The largest absolute Gasteiger partial charge is 0.330 e. The molecule has 1 fully saturated rings. The molecule has 0 spiro atoms. The number of aryl methyl sites for hydroxylation is 1. The molecule has 78 valence electrons. The molecule has 1 aromatic rings. The highest BCUT2D eigenvalue weighted by molar-refractivity contribution is 5.22. The molecule has 0 bridgehead atoms. The molecule has 0 radical (unpaired) electrons. The summed E-state index contributed by atoms with van der Waals surface area (Å²) in [5, 5.41) is 7.27. The third-order valence-corrected chi connectivity index (χ3v) is 3.18. The molecule has 1 aromatic heterocycles. The summed E-state index contributed by atoms with van der Waals surface area (Å²) in [6, 6.07) is 0. The minimum Gasteiger partial charge on any atom is -0.330 e. The van der Waals surface area contributed by atoms with Crippen LogP contribution in [0.25, 0.3) is 0 Å². The number of hydrogen-bond acceptors (Lipinski definition) is 2. The van der Waals surface area contributed by atoms with E-state index in [2.05, 4.69) is 10.2 Å². The number of aromatic nitrogens is 2. The van der Waals surface area contributed by atoms with E-state index in [9.17, 15) is 0 Å². The first-order chi connectivity index (χ1) is 6.92. The van der Waals surface area contributed by atoms with Crippen LogP contribution in [0.4, 0.5) is 0 Å². The lowest BCUT2D eigenvalue weighted by Gasteiger charge is -2.08. The number of nitrogens with two attached hydrogens (primary N) is 1. The molecular formula is C11H19N3. The lowest BCUT2D eigenvalue weighted by molar-refractivity contribution is 0.701. The van der Waals surface area contributed by atoms with Crippen LogP contribution in [-0.2, 0) is 6.42 Å². The zero-order chi connectivity index (χ0) is 9.80. The van der Waals surface area contributed by atoms with E-state index in [-0.39, 0.29) is 0 Å². The van der Waals surface area contributed by atoms with Crippen LogP contribution in [0.15, 0.2) is 6.20 Å². The topological polar surface area (TPSA) is 54.7 Å². The van der Waals surface area contributed by atoms with Gasteiger partial charge in [0, 0.05) is 5.69 Å².